The van der Waals surface area contributed by atoms with Crippen molar-refractivity contribution in [3.8, 4) is 0 Å². The molecule has 2 fully saturated rings. The van der Waals surface area contributed by atoms with E-state index in [1.54, 1.807) is 4.90 Å². The molecule has 0 aromatic carbocycles. The van der Waals surface area contributed by atoms with Crippen LogP contribution in [0.25, 0.3) is 0 Å². The Hall–Kier alpha value is -0.810. The van der Waals surface area contributed by atoms with Gasteiger partial charge in [0.15, 0.2) is 0 Å². The molecule has 0 radical (unpaired) electrons. The van der Waals surface area contributed by atoms with Crippen molar-refractivity contribution in [2.45, 2.75) is 65.0 Å². The van der Waals surface area contributed by atoms with E-state index in [-0.39, 0.29) is 41.7 Å². The van der Waals surface area contributed by atoms with Gasteiger partial charge < -0.3 is 15.5 Å². The van der Waals surface area contributed by atoms with Gasteiger partial charge >= 0.3 is 0 Å². The summed E-state index contributed by atoms with van der Waals surface area (Å²) in [5.41, 5.74) is -0.0337. The van der Waals surface area contributed by atoms with Crippen molar-refractivity contribution in [1.29, 1.82) is 0 Å². The van der Waals surface area contributed by atoms with E-state index in [1.807, 2.05) is 0 Å². The molecule has 6 heteroatoms. The largest absolute Gasteiger partial charge is 0.350 e. The quantitative estimate of drug-likeness (QED) is 0.827. The second kappa shape index (κ2) is 8.16. The van der Waals surface area contributed by atoms with Gasteiger partial charge in [-0.15, -0.1) is 12.4 Å². The Balaban J connectivity index is 0.00000242. The lowest BCUT2D eigenvalue weighted by Crippen LogP contribution is -2.52. The highest BCUT2D eigenvalue weighted by molar-refractivity contribution is 5.88. The van der Waals surface area contributed by atoms with Crippen molar-refractivity contribution in [2.24, 2.45) is 5.41 Å². The van der Waals surface area contributed by atoms with Crippen molar-refractivity contribution in [1.82, 2.24) is 15.5 Å². The first-order chi connectivity index (χ1) is 9.87. The number of hydrogen-bond donors (Lipinski definition) is 2. The Labute approximate surface area is 140 Å². The molecule has 0 aromatic rings. The summed E-state index contributed by atoms with van der Waals surface area (Å²) < 4.78 is 0. The Kier molecular flexibility index (Phi) is 7.13. The fourth-order valence-corrected chi connectivity index (χ4v) is 3.17. The lowest BCUT2D eigenvalue weighted by molar-refractivity contribution is -0.140. The standard InChI is InChI=1S/C16H29N3O2.ClH/c1-16(2,3)10-14(20)19-9-5-7-13(19)15(21)18-12-6-4-8-17-11-12;/h12-13,17H,4-11H2,1-3H3,(H,18,21);1H/t12-,13?;/m0./s1. The van der Waals surface area contributed by atoms with Crippen molar-refractivity contribution < 1.29 is 9.59 Å². The molecule has 0 bridgehead atoms. The van der Waals surface area contributed by atoms with Crippen LogP contribution in [0.3, 0.4) is 0 Å². The molecule has 2 heterocycles. The molecule has 0 spiro atoms. The number of carbonyl (C=O) groups is 2. The fourth-order valence-electron chi connectivity index (χ4n) is 3.17. The van der Waals surface area contributed by atoms with Crippen LogP contribution >= 0.6 is 12.4 Å². The number of hydrogen-bond acceptors (Lipinski definition) is 3. The topological polar surface area (TPSA) is 61.4 Å². The lowest BCUT2D eigenvalue weighted by Gasteiger charge is -2.30. The van der Waals surface area contributed by atoms with Gasteiger partial charge in [-0.25, -0.2) is 0 Å². The van der Waals surface area contributed by atoms with E-state index in [0.29, 0.717) is 6.42 Å². The minimum Gasteiger partial charge on any atom is -0.350 e. The second-order valence-electron chi connectivity index (χ2n) is 7.53. The van der Waals surface area contributed by atoms with Crippen molar-refractivity contribution in [2.75, 3.05) is 19.6 Å². The van der Waals surface area contributed by atoms with Gasteiger partial charge in [0.2, 0.25) is 11.8 Å². The van der Waals surface area contributed by atoms with Gasteiger partial charge in [-0.05, 0) is 37.6 Å². The molecule has 0 saturated carbocycles. The van der Waals surface area contributed by atoms with Crippen LogP contribution in [0.15, 0.2) is 0 Å². The molecule has 128 valence electrons. The van der Waals surface area contributed by atoms with E-state index >= 15 is 0 Å². The van der Waals surface area contributed by atoms with Gasteiger partial charge in [0.05, 0.1) is 0 Å². The van der Waals surface area contributed by atoms with Crippen LogP contribution in [0, 0.1) is 5.41 Å². The van der Waals surface area contributed by atoms with E-state index in [9.17, 15) is 9.59 Å². The zero-order valence-corrected chi connectivity index (χ0v) is 14.8. The minimum absolute atomic E-state index is 0. The average molecular weight is 332 g/mol. The van der Waals surface area contributed by atoms with Gasteiger partial charge in [-0.2, -0.15) is 0 Å². The van der Waals surface area contributed by atoms with E-state index < -0.39 is 0 Å². The minimum atomic E-state index is -0.262. The van der Waals surface area contributed by atoms with E-state index in [4.69, 9.17) is 0 Å². The molecule has 2 aliphatic heterocycles. The first-order valence-electron chi connectivity index (χ1n) is 8.17. The third-order valence-electron chi connectivity index (χ3n) is 4.20. The highest BCUT2D eigenvalue weighted by atomic mass is 35.5. The lowest BCUT2D eigenvalue weighted by atomic mass is 9.91. The van der Waals surface area contributed by atoms with E-state index in [1.165, 1.54) is 0 Å². The van der Waals surface area contributed by atoms with Crippen LogP contribution in [-0.4, -0.2) is 48.4 Å². The van der Waals surface area contributed by atoms with Crippen molar-refractivity contribution in [3.05, 3.63) is 0 Å². The summed E-state index contributed by atoms with van der Waals surface area (Å²) in [7, 11) is 0. The average Bonchev–Trinajstić information content (AvgIpc) is 2.87. The Morgan fingerprint density at radius 2 is 1.95 bits per heavy atom. The van der Waals surface area contributed by atoms with Gasteiger partial charge in [0.1, 0.15) is 6.04 Å². The normalized spacial score (nSPS) is 25.5. The highest BCUT2D eigenvalue weighted by Gasteiger charge is 2.35. The molecule has 0 aliphatic carbocycles. The number of carbonyl (C=O) groups excluding carboxylic acids is 2. The number of likely N-dealkylation sites (tertiary alicyclic amines) is 1. The summed E-state index contributed by atoms with van der Waals surface area (Å²) in [4.78, 5) is 26.7. The molecule has 22 heavy (non-hydrogen) atoms. The SMILES string of the molecule is CC(C)(C)CC(=O)N1CCCC1C(=O)N[C@H]1CCCNC1.Cl. The third kappa shape index (κ3) is 5.43. The molecule has 2 aliphatic rings. The Morgan fingerprint density at radius 1 is 1.23 bits per heavy atom. The molecule has 5 nitrogen and oxygen atoms in total. The molecule has 2 rings (SSSR count). The van der Waals surface area contributed by atoms with Gasteiger partial charge in [-0.3, -0.25) is 9.59 Å². The molecule has 2 amide bonds. The fraction of sp³-hybridized carbons (Fsp3) is 0.875. The molecule has 2 N–H and O–H groups in total. The Bertz CT molecular complexity index is 389. The van der Waals surface area contributed by atoms with Crippen LogP contribution in [0.2, 0.25) is 0 Å². The molecular weight excluding hydrogens is 302 g/mol. The highest BCUT2D eigenvalue weighted by Crippen LogP contribution is 2.25. The van der Waals surface area contributed by atoms with Crippen LogP contribution in [0.1, 0.15) is 52.9 Å². The van der Waals surface area contributed by atoms with Crippen molar-refractivity contribution in [3.63, 3.8) is 0 Å². The maximum absolute atomic E-state index is 12.5. The zero-order valence-electron chi connectivity index (χ0n) is 14.0. The smallest absolute Gasteiger partial charge is 0.243 e. The third-order valence-corrected chi connectivity index (χ3v) is 4.20. The summed E-state index contributed by atoms with van der Waals surface area (Å²) >= 11 is 0. The number of nitrogens with one attached hydrogen (secondary N) is 2. The molecule has 2 saturated heterocycles. The number of rotatable bonds is 3. The molecular formula is C16H30ClN3O2. The predicted octanol–water partition coefficient (Wildman–Crippen LogP) is 1.70. The van der Waals surface area contributed by atoms with E-state index in [0.717, 1.165) is 45.3 Å². The number of amides is 2. The monoisotopic (exact) mass is 331 g/mol. The Morgan fingerprint density at radius 3 is 2.55 bits per heavy atom. The number of piperidine rings is 1. The van der Waals surface area contributed by atoms with Crippen molar-refractivity contribution >= 4 is 24.2 Å². The van der Waals surface area contributed by atoms with Crippen LogP contribution < -0.4 is 10.6 Å². The first-order valence-corrected chi connectivity index (χ1v) is 8.17. The molecule has 0 aromatic heterocycles. The van der Waals surface area contributed by atoms with Gasteiger partial charge in [0.25, 0.3) is 0 Å². The van der Waals surface area contributed by atoms with Gasteiger partial charge in [0, 0.05) is 25.6 Å². The maximum Gasteiger partial charge on any atom is 0.243 e. The van der Waals surface area contributed by atoms with Gasteiger partial charge in [-0.1, -0.05) is 20.8 Å². The number of nitrogens with zero attached hydrogens (tertiary/aromatic N) is 1. The summed E-state index contributed by atoms with van der Waals surface area (Å²) in [6.45, 7) is 8.77. The van der Waals surface area contributed by atoms with Crippen LogP contribution in [0.4, 0.5) is 0 Å². The second-order valence-corrected chi connectivity index (χ2v) is 7.53. The first kappa shape index (κ1) is 19.2. The van der Waals surface area contributed by atoms with Crippen LogP contribution in [0.5, 0.6) is 0 Å². The molecule has 1 unspecified atom stereocenters. The molecule has 2 atom stereocenters. The summed E-state index contributed by atoms with van der Waals surface area (Å²) in [5.74, 6) is 0.144. The summed E-state index contributed by atoms with van der Waals surface area (Å²) in [5, 5.41) is 6.41. The number of halogens is 1. The summed E-state index contributed by atoms with van der Waals surface area (Å²) in [6.07, 6.45) is 4.35. The zero-order chi connectivity index (χ0) is 15.5. The van der Waals surface area contributed by atoms with E-state index in [2.05, 4.69) is 31.4 Å². The predicted molar refractivity (Wildman–Crippen MR) is 90.1 cm³/mol. The maximum atomic E-state index is 12.5. The van der Waals surface area contributed by atoms with Crippen LogP contribution in [-0.2, 0) is 9.59 Å². The summed E-state index contributed by atoms with van der Waals surface area (Å²) in [6, 6.07) is -0.0480.